The molecule has 0 bridgehead atoms. The quantitative estimate of drug-likeness (QED) is 0.727. The lowest BCUT2D eigenvalue weighted by Gasteiger charge is -2.10. The van der Waals surface area contributed by atoms with Crippen LogP contribution in [0.1, 0.15) is 23.4 Å². The number of nitrogens with zero attached hydrogens (tertiary/aromatic N) is 2. The average Bonchev–Trinajstić information content (AvgIpc) is 3.25. The number of aryl methyl sites for hydroxylation is 3. The third-order valence-electron chi connectivity index (χ3n) is 4.55. The third-order valence-corrected chi connectivity index (χ3v) is 4.55. The summed E-state index contributed by atoms with van der Waals surface area (Å²) in [4.78, 5) is 12.2. The topological polar surface area (TPSA) is 65.4 Å². The number of anilines is 1. The summed E-state index contributed by atoms with van der Waals surface area (Å²) in [6, 6.07) is 12.1. The molecule has 2 aromatic carbocycles. The lowest BCUT2D eigenvalue weighted by Crippen LogP contribution is -2.13. The summed E-state index contributed by atoms with van der Waals surface area (Å²) in [6.07, 6.45) is 0.829. The Labute approximate surface area is 161 Å². The van der Waals surface area contributed by atoms with E-state index in [2.05, 4.69) is 10.4 Å². The molecule has 6 nitrogen and oxygen atoms in total. The van der Waals surface area contributed by atoms with Crippen molar-refractivity contribution in [3.8, 4) is 17.2 Å². The highest BCUT2D eigenvalue weighted by Gasteiger charge is 2.14. The van der Waals surface area contributed by atoms with Crippen LogP contribution in [0.2, 0.25) is 0 Å². The Kier molecular flexibility index (Phi) is 4.73. The summed E-state index contributed by atoms with van der Waals surface area (Å²) in [7, 11) is 0. The van der Waals surface area contributed by atoms with E-state index in [4.69, 9.17) is 9.47 Å². The van der Waals surface area contributed by atoms with Gasteiger partial charge in [-0.3, -0.25) is 4.79 Å². The first-order valence-electron chi connectivity index (χ1n) is 9.01. The zero-order valence-corrected chi connectivity index (χ0v) is 15.7. The number of amides is 1. The van der Waals surface area contributed by atoms with Gasteiger partial charge in [-0.1, -0.05) is 6.07 Å². The Bertz CT molecular complexity index is 1050. The fraction of sp³-hybridized carbons (Fsp3) is 0.238. The second kappa shape index (κ2) is 7.34. The van der Waals surface area contributed by atoms with E-state index in [9.17, 15) is 9.18 Å². The van der Waals surface area contributed by atoms with Gasteiger partial charge in [0.05, 0.1) is 5.69 Å². The highest BCUT2D eigenvalue weighted by atomic mass is 19.1. The zero-order valence-electron chi connectivity index (χ0n) is 15.7. The number of fused-ring (bicyclic) bond motifs is 1. The molecule has 3 aromatic rings. The maximum Gasteiger partial charge on any atom is 0.231 e. The second-order valence-corrected chi connectivity index (χ2v) is 6.74. The van der Waals surface area contributed by atoms with Crippen molar-refractivity contribution in [1.29, 1.82) is 0 Å². The first kappa shape index (κ1) is 18.0. The number of ether oxygens (including phenoxy) is 2. The van der Waals surface area contributed by atoms with Crippen molar-refractivity contribution in [3.63, 3.8) is 0 Å². The first-order chi connectivity index (χ1) is 13.5. The number of carbonyl (C=O) groups excluding carboxylic acids is 1. The number of aromatic nitrogens is 2. The molecule has 0 radical (unpaired) electrons. The highest BCUT2D eigenvalue weighted by Crippen LogP contribution is 2.32. The van der Waals surface area contributed by atoms with Crippen LogP contribution in [0.15, 0.2) is 42.5 Å². The molecule has 28 heavy (non-hydrogen) atoms. The van der Waals surface area contributed by atoms with Gasteiger partial charge in [0.2, 0.25) is 12.7 Å². The second-order valence-electron chi connectivity index (χ2n) is 6.74. The molecule has 2 heterocycles. The Hall–Kier alpha value is -3.35. The van der Waals surface area contributed by atoms with Gasteiger partial charge >= 0.3 is 0 Å². The van der Waals surface area contributed by atoms with E-state index in [0.29, 0.717) is 29.3 Å². The van der Waals surface area contributed by atoms with Gasteiger partial charge in [-0.25, -0.2) is 9.07 Å². The Morgan fingerprint density at radius 3 is 2.71 bits per heavy atom. The van der Waals surface area contributed by atoms with Crippen molar-refractivity contribution in [3.05, 3.63) is 65.2 Å². The first-order valence-corrected chi connectivity index (χ1v) is 9.01. The third kappa shape index (κ3) is 3.69. The molecule has 0 fully saturated rings. The van der Waals surface area contributed by atoms with Gasteiger partial charge < -0.3 is 14.8 Å². The Balaban J connectivity index is 1.39. The molecule has 4 rings (SSSR count). The normalized spacial score (nSPS) is 12.2. The van der Waals surface area contributed by atoms with Gasteiger partial charge in [-0.2, -0.15) is 5.10 Å². The fourth-order valence-corrected chi connectivity index (χ4v) is 3.21. The van der Waals surface area contributed by atoms with Crippen LogP contribution in [0, 0.1) is 19.7 Å². The summed E-state index contributed by atoms with van der Waals surface area (Å²) in [5, 5.41) is 7.03. The zero-order chi connectivity index (χ0) is 19.7. The molecule has 1 amide bonds. The predicted octanol–water partition coefficient (Wildman–Crippen LogP) is 3.93. The smallest absolute Gasteiger partial charge is 0.231 e. The van der Waals surface area contributed by atoms with Crippen molar-refractivity contribution in [2.75, 3.05) is 12.1 Å². The van der Waals surface area contributed by atoms with Crippen LogP contribution in [0.25, 0.3) is 5.69 Å². The van der Waals surface area contributed by atoms with Crippen molar-refractivity contribution in [1.82, 2.24) is 9.78 Å². The number of hydrogen-bond acceptors (Lipinski definition) is 4. The van der Waals surface area contributed by atoms with Crippen LogP contribution in [0.4, 0.5) is 10.1 Å². The van der Waals surface area contributed by atoms with E-state index in [-0.39, 0.29) is 19.1 Å². The van der Waals surface area contributed by atoms with Gasteiger partial charge in [0.25, 0.3) is 0 Å². The predicted molar refractivity (Wildman–Crippen MR) is 103 cm³/mol. The Morgan fingerprint density at radius 2 is 1.96 bits per heavy atom. The fourth-order valence-electron chi connectivity index (χ4n) is 3.21. The van der Waals surface area contributed by atoms with Gasteiger partial charge in [0.1, 0.15) is 5.69 Å². The van der Waals surface area contributed by atoms with E-state index in [1.165, 1.54) is 6.07 Å². The summed E-state index contributed by atoms with van der Waals surface area (Å²) in [6.45, 7) is 3.94. The maximum absolute atomic E-state index is 14.5. The molecular formula is C21H20FN3O3. The van der Waals surface area contributed by atoms with Crippen molar-refractivity contribution in [2.45, 2.75) is 26.7 Å². The summed E-state index contributed by atoms with van der Waals surface area (Å²) < 4.78 is 26.7. The van der Waals surface area contributed by atoms with Crippen LogP contribution >= 0.6 is 0 Å². The van der Waals surface area contributed by atoms with Gasteiger partial charge in [0.15, 0.2) is 17.3 Å². The number of nitrogens with one attached hydrogen (secondary N) is 1. The molecule has 1 aliphatic heterocycles. The molecule has 0 spiro atoms. The minimum atomic E-state index is -0.445. The lowest BCUT2D eigenvalue weighted by atomic mass is 10.1. The molecule has 0 saturated heterocycles. The molecule has 0 aliphatic carbocycles. The molecule has 0 atom stereocenters. The van der Waals surface area contributed by atoms with Gasteiger partial charge in [-0.05, 0) is 62.2 Å². The summed E-state index contributed by atoms with van der Waals surface area (Å²) >= 11 is 0. The largest absolute Gasteiger partial charge is 0.454 e. The van der Waals surface area contributed by atoms with Crippen LogP contribution in [0.3, 0.4) is 0 Å². The van der Waals surface area contributed by atoms with E-state index < -0.39 is 5.82 Å². The van der Waals surface area contributed by atoms with Crippen molar-refractivity contribution in [2.24, 2.45) is 0 Å². The Morgan fingerprint density at radius 1 is 1.14 bits per heavy atom. The molecule has 1 aromatic heterocycles. The SMILES string of the molecule is Cc1cc(C)n(-c2ccc(NC(=O)CCc3ccc4c(c3)OCO4)cc2F)n1. The highest BCUT2D eigenvalue weighted by molar-refractivity contribution is 5.91. The van der Waals surface area contributed by atoms with Gasteiger partial charge in [-0.15, -0.1) is 0 Å². The molecule has 7 heteroatoms. The van der Waals surface area contributed by atoms with Crippen LogP contribution < -0.4 is 14.8 Å². The maximum atomic E-state index is 14.5. The van der Waals surface area contributed by atoms with Crippen molar-refractivity contribution >= 4 is 11.6 Å². The number of hydrogen-bond donors (Lipinski definition) is 1. The number of halogens is 1. The molecule has 1 N–H and O–H groups in total. The van der Waals surface area contributed by atoms with Crippen LogP contribution in [-0.2, 0) is 11.2 Å². The van der Waals surface area contributed by atoms with E-state index >= 15 is 0 Å². The average molecular weight is 381 g/mol. The molecule has 1 aliphatic rings. The van der Waals surface area contributed by atoms with Gasteiger partial charge in [0, 0.05) is 17.8 Å². The lowest BCUT2D eigenvalue weighted by molar-refractivity contribution is -0.116. The monoisotopic (exact) mass is 381 g/mol. The molecule has 144 valence electrons. The molecule has 0 saturated carbocycles. The minimum Gasteiger partial charge on any atom is -0.454 e. The number of carbonyl (C=O) groups is 1. The molecule has 0 unspecified atom stereocenters. The number of rotatable bonds is 5. The number of benzene rings is 2. The van der Waals surface area contributed by atoms with Crippen LogP contribution in [0.5, 0.6) is 11.5 Å². The summed E-state index contributed by atoms with van der Waals surface area (Å²) in [5.74, 6) is 0.779. The summed E-state index contributed by atoms with van der Waals surface area (Å²) in [5.41, 5.74) is 3.41. The van der Waals surface area contributed by atoms with E-state index in [1.807, 2.05) is 38.1 Å². The van der Waals surface area contributed by atoms with Crippen LogP contribution in [-0.4, -0.2) is 22.5 Å². The van der Waals surface area contributed by atoms with Crippen molar-refractivity contribution < 1.29 is 18.7 Å². The minimum absolute atomic E-state index is 0.184. The standard InChI is InChI=1S/C21H20FN3O3/c1-13-9-14(2)25(24-13)18-6-5-16(11-17(18)22)23-21(26)8-4-15-3-7-19-20(10-15)28-12-27-19/h3,5-7,9-11H,4,8,12H2,1-2H3,(H,23,26). The van der Waals surface area contributed by atoms with E-state index in [0.717, 1.165) is 17.0 Å². The van der Waals surface area contributed by atoms with E-state index in [1.54, 1.807) is 16.8 Å². The molecular weight excluding hydrogens is 361 g/mol.